The molecule has 1 atom stereocenters. The van der Waals surface area contributed by atoms with E-state index in [1.165, 1.54) is 0 Å². The molecule has 0 spiro atoms. The second kappa shape index (κ2) is 5.09. The molecule has 0 saturated carbocycles. The van der Waals surface area contributed by atoms with Gasteiger partial charge in [0.25, 0.3) is 0 Å². The molecule has 1 aromatic carbocycles. The molecule has 0 radical (unpaired) electrons. The van der Waals surface area contributed by atoms with E-state index in [9.17, 15) is 8.42 Å². The second-order valence-electron chi connectivity index (χ2n) is 2.58. The second-order valence-corrected chi connectivity index (χ2v) is 10.5. The average Bonchev–Trinajstić information content (AvgIpc) is 2.17. The first-order valence-electron chi connectivity index (χ1n) is 3.66. The Bertz CT molecular complexity index is 388. The van der Waals surface area contributed by atoms with E-state index >= 15 is 0 Å². The molecule has 14 heavy (non-hydrogen) atoms. The fourth-order valence-corrected chi connectivity index (χ4v) is 5.59. The third-order valence-corrected chi connectivity index (χ3v) is 8.16. The number of alkyl halides is 3. The highest BCUT2D eigenvalue weighted by Gasteiger charge is 2.29. The standard InChI is InChI=1S/C8H7Br3O2S/c9-7(14(12,13)8(10)11)6-4-2-1-3-5-6/h1-5,7-8H/t7-/m1/s1. The molecule has 0 unspecified atom stereocenters. The summed E-state index contributed by atoms with van der Waals surface area (Å²) in [6, 6.07) is 8.97. The van der Waals surface area contributed by atoms with E-state index in [-0.39, 0.29) is 0 Å². The van der Waals surface area contributed by atoms with Gasteiger partial charge in [0.15, 0.2) is 12.9 Å². The first-order valence-corrected chi connectivity index (χ1v) is 8.02. The number of benzene rings is 1. The predicted molar refractivity (Wildman–Crippen MR) is 68.7 cm³/mol. The van der Waals surface area contributed by atoms with Crippen LogP contribution in [0.1, 0.15) is 9.72 Å². The fourth-order valence-electron chi connectivity index (χ4n) is 0.884. The molecule has 2 nitrogen and oxygen atoms in total. The molecule has 0 aliphatic heterocycles. The van der Waals surface area contributed by atoms with E-state index in [0.717, 1.165) is 5.56 Å². The van der Waals surface area contributed by atoms with E-state index in [0.29, 0.717) is 0 Å². The normalized spacial score (nSPS) is 14.3. The largest absolute Gasteiger partial charge is 0.225 e. The Hall–Kier alpha value is 0.610. The van der Waals surface area contributed by atoms with E-state index in [4.69, 9.17) is 0 Å². The maximum Gasteiger partial charge on any atom is 0.190 e. The minimum atomic E-state index is -3.28. The minimum absolute atomic E-state index is 0.694. The Labute approximate surface area is 108 Å². The zero-order valence-corrected chi connectivity index (χ0v) is 12.5. The maximum absolute atomic E-state index is 11.7. The fraction of sp³-hybridized carbons (Fsp3) is 0.250. The first kappa shape index (κ1) is 12.7. The van der Waals surface area contributed by atoms with Gasteiger partial charge in [-0.05, 0) is 5.56 Å². The van der Waals surface area contributed by atoms with Crippen molar-refractivity contribution >= 4 is 57.6 Å². The van der Waals surface area contributed by atoms with E-state index in [2.05, 4.69) is 47.8 Å². The highest BCUT2D eigenvalue weighted by molar-refractivity contribution is 9.27. The Kier molecular flexibility index (Phi) is 4.61. The van der Waals surface area contributed by atoms with Crippen LogP contribution in [0.15, 0.2) is 30.3 Å². The molecule has 0 bridgehead atoms. The average molecular weight is 407 g/mol. The van der Waals surface area contributed by atoms with Gasteiger partial charge in [0.2, 0.25) is 0 Å². The monoisotopic (exact) mass is 404 g/mol. The Morgan fingerprint density at radius 1 is 1.00 bits per heavy atom. The molecular formula is C8H7Br3O2S. The van der Waals surface area contributed by atoms with Crippen molar-refractivity contribution in [1.29, 1.82) is 0 Å². The van der Waals surface area contributed by atoms with Crippen molar-refractivity contribution in [3.63, 3.8) is 0 Å². The molecule has 1 aromatic rings. The van der Waals surface area contributed by atoms with Gasteiger partial charge in [0.1, 0.15) is 4.16 Å². The Morgan fingerprint density at radius 3 is 1.93 bits per heavy atom. The third-order valence-electron chi connectivity index (χ3n) is 1.60. The summed E-state index contributed by atoms with van der Waals surface area (Å²) in [4.78, 5) is 0. The Morgan fingerprint density at radius 2 is 1.50 bits per heavy atom. The summed E-state index contributed by atoms with van der Waals surface area (Å²) < 4.78 is 21.9. The molecule has 0 N–H and O–H groups in total. The summed E-state index contributed by atoms with van der Waals surface area (Å²) in [6.45, 7) is 0. The van der Waals surface area contributed by atoms with Crippen molar-refractivity contribution in [3.05, 3.63) is 35.9 Å². The summed E-state index contributed by atoms with van der Waals surface area (Å²) in [5.74, 6) is 0. The van der Waals surface area contributed by atoms with Gasteiger partial charge in [0, 0.05) is 0 Å². The lowest BCUT2D eigenvalue weighted by atomic mass is 10.2. The number of hydrogen-bond acceptors (Lipinski definition) is 2. The van der Waals surface area contributed by atoms with Gasteiger partial charge in [-0.2, -0.15) is 0 Å². The lowest BCUT2D eigenvalue weighted by Gasteiger charge is -2.12. The molecule has 1 rings (SSSR count). The molecule has 0 aromatic heterocycles. The highest BCUT2D eigenvalue weighted by atomic mass is 79.9. The van der Waals surface area contributed by atoms with Crippen molar-refractivity contribution in [1.82, 2.24) is 0 Å². The summed E-state index contributed by atoms with van der Waals surface area (Å²) in [5, 5.41) is 0. The first-order chi connectivity index (χ1) is 6.46. The van der Waals surface area contributed by atoms with Crippen molar-refractivity contribution in [2.45, 2.75) is 7.23 Å². The van der Waals surface area contributed by atoms with Crippen LogP contribution >= 0.6 is 47.8 Å². The Balaban J connectivity index is 3.03. The quantitative estimate of drug-likeness (QED) is 0.719. The molecule has 78 valence electrons. The molecule has 0 saturated heterocycles. The van der Waals surface area contributed by atoms with Crippen molar-refractivity contribution < 1.29 is 8.42 Å². The highest BCUT2D eigenvalue weighted by Crippen LogP contribution is 2.35. The van der Waals surface area contributed by atoms with Crippen molar-refractivity contribution in [2.24, 2.45) is 0 Å². The predicted octanol–water partition coefficient (Wildman–Crippen LogP) is 3.57. The van der Waals surface area contributed by atoms with Gasteiger partial charge >= 0.3 is 0 Å². The molecule has 0 fully saturated rings. The number of sulfone groups is 1. The zero-order chi connectivity index (χ0) is 10.8. The molecule has 0 heterocycles. The maximum atomic E-state index is 11.7. The van der Waals surface area contributed by atoms with Crippen LogP contribution in [0.4, 0.5) is 0 Å². The van der Waals surface area contributed by atoms with Gasteiger partial charge in [-0.3, -0.25) is 0 Å². The van der Waals surface area contributed by atoms with Crippen LogP contribution in [0.5, 0.6) is 0 Å². The summed E-state index contributed by atoms with van der Waals surface area (Å²) >= 11 is 9.15. The van der Waals surface area contributed by atoms with Crippen molar-refractivity contribution in [2.75, 3.05) is 0 Å². The van der Waals surface area contributed by atoms with E-state index in [1.807, 2.05) is 6.07 Å². The molecule has 6 heteroatoms. The van der Waals surface area contributed by atoms with Crippen LogP contribution in [-0.4, -0.2) is 11.5 Å². The number of halogens is 3. The lowest BCUT2D eigenvalue weighted by Crippen LogP contribution is -2.13. The van der Waals surface area contributed by atoms with Crippen LogP contribution in [0.3, 0.4) is 0 Å². The molecule has 0 aliphatic rings. The third kappa shape index (κ3) is 2.81. The van der Waals surface area contributed by atoms with Crippen LogP contribution in [0.25, 0.3) is 0 Å². The minimum Gasteiger partial charge on any atom is -0.225 e. The topological polar surface area (TPSA) is 34.1 Å². The van der Waals surface area contributed by atoms with Crippen LogP contribution < -0.4 is 0 Å². The molecule has 0 aliphatic carbocycles. The van der Waals surface area contributed by atoms with Gasteiger partial charge in [-0.15, -0.1) is 0 Å². The van der Waals surface area contributed by atoms with E-state index < -0.39 is 17.1 Å². The van der Waals surface area contributed by atoms with Gasteiger partial charge in [-0.25, -0.2) is 8.42 Å². The number of rotatable bonds is 3. The van der Waals surface area contributed by atoms with Gasteiger partial charge in [0.05, 0.1) is 0 Å². The number of hydrogen-bond donors (Lipinski definition) is 0. The van der Waals surface area contributed by atoms with Gasteiger partial charge < -0.3 is 0 Å². The lowest BCUT2D eigenvalue weighted by molar-refractivity contribution is 0.599. The van der Waals surface area contributed by atoms with E-state index in [1.54, 1.807) is 24.3 Å². The molecular weight excluding hydrogens is 400 g/mol. The summed E-state index contributed by atoms with van der Waals surface area (Å²) in [5.41, 5.74) is 0.719. The summed E-state index contributed by atoms with van der Waals surface area (Å²) in [7, 11) is -3.28. The van der Waals surface area contributed by atoms with Gasteiger partial charge in [-0.1, -0.05) is 78.1 Å². The SMILES string of the molecule is O=S(=O)(C(Br)Br)[C@@H](Br)c1ccccc1. The van der Waals surface area contributed by atoms with Crippen LogP contribution in [0, 0.1) is 0 Å². The summed E-state index contributed by atoms with van der Waals surface area (Å²) in [6.07, 6.45) is 0. The van der Waals surface area contributed by atoms with Crippen molar-refractivity contribution in [3.8, 4) is 0 Å². The van der Waals surface area contributed by atoms with Crippen LogP contribution in [0.2, 0.25) is 0 Å². The smallest absolute Gasteiger partial charge is 0.190 e. The zero-order valence-electron chi connectivity index (χ0n) is 6.90. The van der Waals surface area contributed by atoms with Crippen LogP contribution in [-0.2, 0) is 9.84 Å². The molecule has 0 amide bonds.